The number of nitrogens with one attached hydrogen (secondary N) is 1. The molecule has 0 amide bonds. The molecule has 0 saturated heterocycles. The fraction of sp³-hybridized carbons (Fsp3) is 0.333. The van der Waals surface area contributed by atoms with E-state index in [9.17, 15) is 23.3 Å². The standard InChI is InChI=1S/C9H7F3N6O2/c1-5-7(18(19)20)3-2-6(13-5)4-17-15-8(14-16-17)9(10,11)12/h2-3H,4H2,1H3/p+1. The first-order chi connectivity index (χ1) is 9.27. The Hall–Kier alpha value is -2.59. The molecule has 0 aliphatic carbocycles. The van der Waals surface area contributed by atoms with Crippen molar-refractivity contribution in [2.45, 2.75) is 19.6 Å². The third-order valence-electron chi connectivity index (χ3n) is 2.36. The molecule has 106 valence electrons. The largest absolute Gasteiger partial charge is 0.483 e. The smallest absolute Gasteiger partial charge is 0.258 e. The Morgan fingerprint density at radius 2 is 2.15 bits per heavy atom. The van der Waals surface area contributed by atoms with Gasteiger partial charge in [0.1, 0.15) is 5.69 Å². The zero-order valence-electron chi connectivity index (χ0n) is 10.0. The Balaban J connectivity index is 2.20. The van der Waals surface area contributed by atoms with Crippen LogP contribution in [0.25, 0.3) is 0 Å². The number of tetrazole rings is 1. The number of nitro groups is 1. The van der Waals surface area contributed by atoms with Crippen LogP contribution in [0.4, 0.5) is 18.9 Å². The van der Waals surface area contributed by atoms with Crippen LogP contribution in [0.2, 0.25) is 0 Å². The third kappa shape index (κ3) is 2.87. The fourth-order valence-corrected chi connectivity index (χ4v) is 1.50. The van der Waals surface area contributed by atoms with E-state index in [4.69, 9.17) is 0 Å². The number of alkyl halides is 3. The average Bonchev–Trinajstić information content (AvgIpc) is 2.76. The van der Waals surface area contributed by atoms with E-state index in [-0.39, 0.29) is 17.9 Å². The van der Waals surface area contributed by atoms with E-state index in [0.717, 1.165) is 4.80 Å². The molecule has 2 aromatic heterocycles. The van der Waals surface area contributed by atoms with Gasteiger partial charge in [0, 0.05) is 6.07 Å². The maximum absolute atomic E-state index is 12.3. The highest BCUT2D eigenvalue weighted by molar-refractivity contribution is 5.34. The van der Waals surface area contributed by atoms with Crippen LogP contribution in [0.5, 0.6) is 0 Å². The predicted molar refractivity (Wildman–Crippen MR) is 56.3 cm³/mol. The lowest BCUT2D eigenvalue weighted by Crippen LogP contribution is -2.40. The molecule has 0 atom stereocenters. The molecule has 0 unspecified atom stereocenters. The van der Waals surface area contributed by atoms with Crippen LogP contribution in [0, 0.1) is 17.0 Å². The van der Waals surface area contributed by atoms with Gasteiger partial charge in [-0.2, -0.15) is 13.2 Å². The summed E-state index contributed by atoms with van der Waals surface area (Å²) < 4.78 is 36.9. The highest BCUT2D eigenvalue weighted by Gasteiger charge is 2.42. The normalized spacial score (nSPS) is 11.6. The summed E-state index contributed by atoms with van der Waals surface area (Å²) in [6, 6.07) is 2.58. The summed E-state index contributed by atoms with van der Waals surface area (Å²) in [6.07, 6.45) is -4.64. The Morgan fingerprint density at radius 3 is 2.65 bits per heavy atom. The van der Waals surface area contributed by atoms with E-state index in [1.54, 1.807) is 0 Å². The summed E-state index contributed by atoms with van der Waals surface area (Å²) in [7, 11) is 0. The SMILES string of the molecule is Cc1nc(C[n+]2nc(C(F)(F)F)n[nH]2)ccc1[N+](=O)[O-]. The number of pyridine rings is 1. The zero-order valence-corrected chi connectivity index (χ0v) is 10.0. The number of H-pyrrole nitrogens is 1. The van der Waals surface area contributed by atoms with Gasteiger partial charge in [-0.05, 0) is 23.3 Å². The van der Waals surface area contributed by atoms with Crippen molar-refractivity contribution < 1.29 is 22.9 Å². The van der Waals surface area contributed by atoms with Gasteiger partial charge in [-0.1, -0.05) is 4.80 Å². The summed E-state index contributed by atoms with van der Waals surface area (Å²) in [5.74, 6) is -1.30. The van der Waals surface area contributed by atoms with Gasteiger partial charge < -0.3 is 0 Å². The highest BCUT2D eigenvalue weighted by atomic mass is 19.4. The van der Waals surface area contributed by atoms with Crippen molar-refractivity contribution in [3.05, 3.63) is 39.5 Å². The number of nitrogens with zero attached hydrogens (tertiary/aromatic N) is 5. The fourth-order valence-electron chi connectivity index (χ4n) is 1.50. The van der Waals surface area contributed by atoms with Gasteiger partial charge in [-0.15, -0.1) is 0 Å². The molecule has 0 bridgehead atoms. The quantitative estimate of drug-likeness (QED) is 0.511. The minimum Gasteiger partial charge on any atom is -0.258 e. The second-order valence-corrected chi connectivity index (χ2v) is 3.86. The van der Waals surface area contributed by atoms with Gasteiger partial charge in [0.25, 0.3) is 5.69 Å². The minimum absolute atomic E-state index is 0.109. The van der Waals surface area contributed by atoms with Crippen LogP contribution < -0.4 is 4.80 Å². The molecular formula is C9H8F3N6O2+. The zero-order chi connectivity index (χ0) is 14.9. The Bertz CT molecular complexity index is 653. The molecule has 0 aliphatic heterocycles. The lowest BCUT2D eigenvalue weighted by atomic mass is 10.2. The first-order valence-corrected chi connectivity index (χ1v) is 5.28. The highest BCUT2D eigenvalue weighted by Crippen LogP contribution is 2.24. The van der Waals surface area contributed by atoms with Crippen LogP contribution in [0.3, 0.4) is 0 Å². The maximum Gasteiger partial charge on any atom is 0.483 e. The molecule has 2 heterocycles. The van der Waals surface area contributed by atoms with Crippen LogP contribution in [-0.4, -0.2) is 25.3 Å². The van der Waals surface area contributed by atoms with Crippen LogP contribution in [0.15, 0.2) is 12.1 Å². The molecule has 2 aromatic rings. The first kappa shape index (κ1) is 13.8. The van der Waals surface area contributed by atoms with E-state index in [1.165, 1.54) is 19.1 Å². The molecule has 20 heavy (non-hydrogen) atoms. The Kier molecular flexibility index (Phi) is 3.34. The van der Waals surface area contributed by atoms with Crippen molar-refractivity contribution in [3.8, 4) is 0 Å². The van der Waals surface area contributed by atoms with Crippen LogP contribution in [0.1, 0.15) is 17.2 Å². The van der Waals surface area contributed by atoms with Crippen molar-refractivity contribution in [1.29, 1.82) is 0 Å². The van der Waals surface area contributed by atoms with Crippen molar-refractivity contribution in [2.75, 3.05) is 0 Å². The summed E-state index contributed by atoms with van der Waals surface area (Å²) in [5.41, 5.74) is 0.332. The molecule has 0 spiro atoms. The monoisotopic (exact) mass is 289 g/mol. The average molecular weight is 289 g/mol. The van der Waals surface area contributed by atoms with Crippen molar-refractivity contribution in [2.24, 2.45) is 0 Å². The summed E-state index contributed by atoms with van der Waals surface area (Å²) >= 11 is 0. The van der Waals surface area contributed by atoms with E-state index in [2.05, 4.69) is 20.4 Å². The van der Waals surface area contributed by atoms with Crippen LogP contribution >= 0.6 is 0 Å². The molecule has 8 nitrogen and oxygen atoms in total. The molecule has 0 radical (unpaired) electrons. The number of halogens is 3. The molecule has 0 aromatic carbocycles. The molecule has 0 saturated carbocycles. The topological polar surface area (TPSA) is 101 Å². The summed E-state index contributed by atoms with van der Waals surface area (Å²) in [5, 5.41) is 18.9. The van der Waals surface area contributed by atoms with Crippen LogP contribution in [-0.2, 0) is 12.7 Å². The molecular weight excluding hydrogens is 281 g/mol. The molecule has 0 fully saturated rings. The first-order valence-electron chi connectivity index (χ1n) is 5.28. The van der Waals surface area contributed by atoms with Crippen molar-refractivity contribution in [3.63, 3.8) is 0 Å². The Morgan fingerprint density at radius 1 is 1.45 bits per heavy atom. The van der Waals surface area contributed by atoms with Gasteiger partial charge in [0.15, 0.2) is 6.54 Å². The number of hydrogen-bond acceptors (Lipinski definition) is 5. The third-order valence-corrected chi connectivity index (χ3v) is 2.36. The maximum atomic E-state index is 12.3. The van der Waals surface area contributed by atoms with Gasteiger partial charge in [-0.3, -0.25) is 10.1 Å². The van der Waals surface area contributed by atoms with Crippen molar-refractivity contribution in [1.82, 2.24) is 20.4 Å². The van der Waals surface area contributed by atoms with Crippen molar-refractivity contribution >= 4 is 5.69 Å². The minimum atomic E-state index is -4.64. The number of aromatic amines is 1. The Labute approximate surface area is 109 Å². The number of rotatable bonds is 3. The molecule has 2 rings (SSSR count). The van der Waals surface area contributed by atoms with Gasteiger partial charge in [0.2, 0.25) is 0 Å². The lowest BCUT2D eigenvalue weighted by molar-refractivity contribution is -0.799. The van der Waals surface area contributed by atoms with Gasteiger partial charge >= 0.3 is 12.0 Å². The predicted octanol–water partition coefficient (Wildman–Crippen LogP) is 0.771. The molecule has 1 N–H and O–H groups in total. The second kappa shape index (κ2) is 4.83. The summed E-state index contributed by atoms with van der Waals surface area (Å²) in [4.78, 5) is 14.8. The number of aromatic nitrogens is 5. The lowest BCUT2D eigenvalue weighted by Gasteiger charge is -1.99. The van der Waals surface area contributed by atoms with Gasteiger partial charge in [-0.25, -0.2) is 4.98 Å². The molecule has 0 aliphatic rings. The molecule has 11 heteroatoms. The van der Waals surface area contributed by atoms with E-state index in [1.807, 2.05) is 0 Å². The van der Waals surface area contributed by atoms with E-state index in [0.29, 0.717) is 5.69 Å². The van der Waals surface area contributed by atoms with E-state index >= 15 is 0 Å². The number of aryl methyl sites for hydroxylation is 1. The second-order valence-electron chi connectivity index (χ2n) is 3.86. The summed E-state index contributed by atoms with van der Waals surface area (Å²) in [6.45, 7) is 1.33. The van der Waals surface area contributed by atoms with Gasteiger partial charge in [0.05, 0.1) is 15.7 Å². The van der Waals surface area contributed by atoms with E-state index < -0.39 is 16.9 Å². The number of hydrogen-bond donors (Lipinski definition) is 1.